The van der Waals surface area contributed by atoms with Gasteiger partial charge in [-0.1, -0.05) is 0 Å². The summed E-state index contributed by atoms with van der Waals surface area (Å²) in [5.41, 5.74) is 0.945. The molecule has 0 bridgehead atoms. The molecule has 4 heterocycles. The highest BCUT2D eigenvalue weighted by Gasteiger charge is 2.43. The molecule has 7 nitrogen and oxygen atoms in total. The Morgan fingerprint density at radius 2 is 2.12 bits per heavy atom. The summed E-state index contributed by atoms with van der Waals surface area (Å²) < 4.78 is 6.11. The minimum absolute atomic E-state index is 0.128. The van der Waals surface area contributed by atoms with E-state index in [4.69, 9.17) is 4.74 Å². The van der Waals surface area contributed by atoms with Crippen molar-refractivity contribution in [3.63, 3.8) is 0 Å². The van der Waals surface area contributed by atoms with Gasteiger partial charge in [0.25, 0.3) is 5.91 Å². The minimum atomic E-state index is -0.898. The molecule has 2 aliphatic heterocycles. The monoisotopic (exact) mass is 359 g/mol. The summed E-state index contributed by atoms with van der Waals surface area (Å²) in [4.78, 5) is 26.9. The maximum atomic E-state index is 12.5. The van der Waals surface area contributed by atoms with E-state index in [0.29, 0.717) is 43.1 Å². The lowest BCUT2D eigenvalue weighted by Crippen LogP contribution is -2.48. The summed E-state index contributed by atoms with van der Waals surface area (Å²) in [5.74, 6) is -1.03. The van der Waals surface area contributed by atoms with E-state index in [1.54, 1.807) is 23.1 Å². The second-order valence-electron chi connectivity index (χ2n) is 6.26. The molecule has 0 aromatic carbocycles. The number of amides is 1. The Hall–Kier alpha value is -2.32. The van der Waals surface area contributed by atoms with Crippen LogP contribution in [0.2, 0.25) is 0 Å². The number of nitrogens with zero attached hydrogens (tertiary/aromatic N) is 3. The van der Waals surface area contributed by atoms with Gasteiger partial charge in [0.1, 0.15) is 10.5 Å². The predicted molar refractivity (Wildman–Crippen MR) is 89.8 cm³/mol. The third kappa shape index (κ3) is 2.81. The van der Waals surface area contributed by atoms with Crippen LogP contribution in [0.4, 0.5) is 0 Å². The first-order chi connectivity index (χ1) is 12.1. The van der Waals surface area contributed by atoms with Crippen LogP contribution in [0.3, 0.4) is 0 Å². The van der Waals surface area contributed by atoms with Crippen LogP contribution in [0.1, 0.15) is 43.4 Å². The van der Waals surface area contributed by atoms with Crippen molar-refractivity contribution in [1.82, 2.24) is 15.1 Å². The molecule has 2 aromatic heterocycles. The van der Waals surface area contributed by atoms with Crippen molar-refractivity contribution in [2.24, 2.45) is 0 Å². The molecular weight excluding hydrogens is 342 g/mol. The SMILES string of the molecule is O=C(O)c1cc2c(s1)C1(CCN(C(=O)c3cccnn3)CC1)OCC2. The molecule has 1 amide bonds. The van der Waals surface area contributed by atoms with Crippen LogP contribution in [0, 0.1) is 0 Å². The van der Waals surface area contributed by atoms with Crippen molar-refractivity contribution in [1.29, 1.82) is 0 Å². The minimum Gasteiger partial charge on any atom is -0.477 e. The fourth-order valence-electron chi connectivity index (χ4n) is 3.55. The lowest BCUT2D eigenvalue weighted by atomic mass is 9.85. The second-order valence-corrected chi connectivity index (χ2v) is 7.32. The Bertz CT molecular complexity index is 813. The number of carboxylic acids is 1. The molecule has 1 spiro atoms. The molecular formula is C17H17N3O4S. The summed E-state index contributed by atoms with van der Waals surface area (Å²) in [7, 11) is 0. The standard InChI is InChI=1S/C17H17N3O4S/c21-15(12-2-1-6-18-19-12)20-7-4-17(5-8-20)14-11(3-9-24-17)10-13(25-14)16(22)23/h1-2,6,10H,3-5,7-9H2,(H,22,23). The van der Waals surface area contributed by atoms with E-state index >= 15 is 0 Å². The lowest BCUT2D eigenvalue weighted by molar-refractivity contribution is -0.0906. The van der Waals surface area contributed by atoms with Crippen molar-refractivity contribution in [2.45, 2.75) is 24.9 Å². The van der Waals surface area contributed by atoms with Gasteiger partial charge in [-0.3, -0.25) is 4.79 Å². The normalized spacial score (nSPS) is 18.8. The summed E-state index contributed by atoms with van der Waals surface area (Å²) in [5, 5.41) is 16.9. The molecule has 0 atom stereocenters. The van der Waals surface area contributed by atoms with E-state index in [9.17, 15) is 14.7 Å². The molecule has 1 N–H and O–H groups in total. The topological polar surface area (TPSA) is 92.6 Å². The number of carboxylic acid groups (broad SMARTS) is 1. The molecule has 130 valence electrons. The van der Waals surface area contributed by atoms with Gasteiger partial charge in [-0.2, -0.15) is 5.10 Å². The molecule has 0 aliphatic carbocycles. The van der Waals surface area contributed by atoms with Crippen molar-refractivity contribution >= 4 is 23.2 Å². The van der Waals surface area contributed by atoms with E-state index in [0.717, 1.165) is 16.9 Å². The van der Waals surface area contributed by atoms with Crippen LogP contribution < -0.4 is 0 Å². The second kappa shape index (κ2) is 6.20. The lowest BCUT2D eigenvalue weighted by Gasteiger charge is -2.43. The molecule has 1 saturated heterocycles. The first-order valence-electron chi connectivity index (χ1n) is 8.16. The van der Waals surface area contributed by atoms with Gasteiger partial charge >= 0.3 is 5.97 Å². The molecule has 0 saturated carbocycles. The Balaban J connectivity index is 1.54. The van der Waals surface area contributed by atoms with Crippen molar-refractivity contribution in [3.8, 4) is 0 Å². The predicted octanol–water partition coefficient (Wildman–Crippen LogP) is 1.94. The molecule has 8 heteroatoms. The number of likely N-dealkylation sites (tertiary alicyclic amines) is 1. The average molecular weight is 359 g/mol. The molecule has 4 rings (SSSR count). The fourth-order valence-corrected chi connectivity index (χ4v) is 4.80. The zero-order valence-electron chi connectivity index (χ0n) is 13.5. The number of carbonyl (C=O) groups excluding carboxylic acids is 1. The van der Waals surface area contributed by atoms with Gasteiger partial charge in [0.2, 0.25) is 0 Å². The Morgan fingerprint density at radius 1 is 1.32 bits per heavy atom. The third-order valence-corrected chi connectivity index (χ3v) is 6.18. The summed E-state index contributed by atoms with van der Waals surface area (Å²) in [6.45, 7) is 1.69. The Labute approximate surface area is 148 Å². The number of hydrogen-bond donors (Lipinski definition) is 1. The number of aromatic carboxylic acids is 1. The van der Waals surface area contributed by atoms with Crippen molar-refractivity contribution in [2.75, 3.05) is 19.7 Å². The summed E-state index contributed by atoms with van der Waals surface area (Å²) in [6, 6.07) is 5.12. The van der Waals surface area contributed by atoms with E-state index in [1.807, 2.05) is 0 Å². The maximum absolute atomic E-state index is 12.5. The smallest absolute Gasteiger partial charge is 0.345 e. The highest BCUT2D eigenvalue weighted by Crippen LogP contribution is 2.45. The van der Waals surface area contributed by atoms with Crippen LogP contribution in [0.25, 0.3) is 0 Å². The van der Waals surface area contributed by atoms with E-state index in [-0.39, 0.29) is 5.91 Å². The van der Waals surface area contributed by atoms with Crippen LogP contribution in [0.15, 0.2) is 24.4 Å². The molecule has 25 heavy (non-hydrogen) atoms. The Morgan fingerprint density at radius 3 is 2.80 bits per heavy atom. The van der Waals surface area contributed by atoms with Crippen molar-refractivity contribution < 1.29 is 19.4 Å². The molecule has 0 unspecified atom stereocenters. The highest BCUT2D eigenvalue weighted by molar-refractivity contribution is 7.14. The van der Waals surface area contributed by atoms with Crippen LogP contribution in [0.5, 0.6) is 0 Å². The van der Waals surface area contributed by atoms with Gasteiger partial charge in [-0.25, -0.2) is 4.79 Å². The number of rotatable bonds is 2. The fraction of sp³-hybridized carbons (Fsp3) is 0.412. The quantitative estimate of drug-likeness (QED) is 0.881. The summed E-state index contributed by atoms with van der Waals surface area (Å²) in [6.07, 6.45) is 3.59. The Kier molecular flexibility index (Phi) is 4.01. The average Bonchev–Trinajstić information content (AvgIpc) is 3.09. The first-order valence-corrected chi connectivity index (χ1v) is 8.98. The van der Waals surface area contributed by atoms with E-state index in [2.05, 4.69) is 10.2 Å². The van der Waals surface area contributed by atoms with Crippen LogP contribution in [-0.4, -0.2) is 51.8 Å². The third-order valence-electron chi connectivity index (χ3n) is 4.83. The molecule has 0 radical (unpaired) electrons. The van der Waals surface area contributed by atoms with E-state index in [1.165, 1.54) is 17.5 Å². The van der Waals surface area contributed by atoms with Gasteiger partial charge in [-0.05, 0) is 43.0 Å². The van der Waals surface area contributed by atoms with Gasteiger partial charge in [0.05, 0.1) is 6.61 Å². The van der Waals surface area contributed by atoms with Gasteiger partial charge in [0.15, 0.2) is 5.69 Å². The number of fused-ring (bicyclic) bond motifs is 2. The number of thiophene rings is 1. The van der Waals surface area contributed by atoms with Crippen molar-refractivity contribution in [3.05, 3.63) is 45.4 Å². The van der Waals surface area contributed by atoms with E-state index < -0.39 is 11.6 Å². The molecule has 2 aliphatic rings. The zero-order chi connectivity index (χ0) is 17.4. The molecule has 1 fully saturated rings. The highest BCUT2D eigenvalue weighted by atomic mass is 32.1. The number of ether oxygens (including phenoxy) is 1. The number of piperidine rings is 1. The summed E-state index contributed by atoms with van der Waals surface area (Å²) >= 11 is 1.30. The number of aromatic nitrogens is 2. The number of hydrogen-bond acceptors (Lipinski definition) is 6. The van der Waals surface area contributed by atoms with Crippen LogP contribution >= 0.6 is 11.3 Å². The largest absolute Gasteiger partial charge is 0.477 e. The zero-order valence-corrected chi connectivity index (χ0v) is 14.3. The van der Waals surface area contributed by atoms with Gasteiger partial charge < -0.3 is 14.7 Å². The van der Waals surface area contributed by atoms with Gasteiger partial charge in [0, 0.05) is 24.2 Å². The van der Waals surface area contributed by atoms with Crippen LogP contribution in [-0.2, 0) is 16.8 Å². The van der Waals surface area contributed by atoms with Gasteiger partial charge in [-0.15, -0.1) is 16.4 Å². The molecule has 2 aromatic rings. The first kappa shape index (κ1) is 16.2. The maximum Gasteiger partial charge on any atom is 0.345 e. The number of carbonyl (C=O) groups is 2.